The van der Waals surface area contributed by atoms with Gasteiger partial charge in [-0.1, -0.05) is 49.4 Å². The van der Waals surface area contributed by atoms with Crippen molar-refractivity contribution in [3.8, 4) is 21.8 Å². The van der Waals surface area contributed by atoms with Gasteiger partial charge in [-0.3, -0.25) is 10.1 Å². The van der Waals surface area contributed by atoms with Gasteiger partial charge in [0.25, 0.3) is 5.91 Å². The monoisotopic (exact) mass is 455 g/mol. The van der Waals surface area contributed by atoms with Crippen LogP contribution in [0.3, 0.4) is 0 Å². The lowest BCUT2D eigenvalue weighted by Gasteiger charge is -2.08. The molecule has 0 unspecified atom stereocenters. The Morgan fingerprint density at radius 3 is 2.53 bits per heavy atom. The van der Waals surface area contributed by atoms with E-state index in [2.05, 4.69) is 60.5 Å². The number of aryl methyl sites for hydroxylation is 2. The highest BCUT2D eigenvalue weighted by molar-refractivity contribution is 7.15. The number of thiazole rings is 1. The van der Waals surface area contributed by atoms with E-state index in [-0.39, 0.29) is 5.91 Å². The van der Waals surface area contributed by atoms with Crippen LogP contribution in [0.5, 0.6) is 0 Å². The molecule has 1 N–H and O–H groups in total. The number of para-hydroxylation sites is 1. The Labute approximate surface area is 194 Å². The topological polar surface area (TPSA) is 54.9 Å². The fraction of sp³-hybridized carbons (Fsp3) is 0.115. The minimum atomic E-state index is -0.180. The Morgan fingerprint density at radius 1 is 0.969 bits per heavy atom. The van der Waals surface area contributed by atoms with Gasteiger partial charge >= 0.3 is 0 Å². The van der Waals surface area contributed by atoms with Crippen LogP contribution in [0.25, 0.3) is 32.7 Å². The number of rotatable bonds is 5. The molecule has 5 aromatic rings. The fourth-order valence-electron chi connectivity index (χ4n) is 3.60. The summed E-state index contributed by atoms with van der Waals surface area (Å²) in [5, 5.41) is 6.37. The van der Waals surface area contributed by atoms with Gasteiger partial charge < -0.3 is 0 Å². The molecule has 0 saturated carbocycles. The number of aromatic nitrogens is 2. The lowest BCUT2D eigenvalue weighted by atomic mass is 10.1. The minimum absolute atomic E-state index is 0.180. The van der Waals surface area contributed by atoms with Crippen LogP contribution < -0.4 is 5.32 Å². The van der Waals surface area contributed by atoms with E-state index >= 15 is 0 Å². The Morgan fingerprint density at radius 2 is 1.78 bits per heavy atom. The second-order valence-electron chi connectivity index (χ2n) is 7.53. The molecule has 0 fully saturated rings. The lowest BCUT2D eigenvalue weighted by Crippen LogP contribution is -2.13. The zero-order valence-electron chi connectivity index (χ0n) is 17.8. The van der Waals surface area contributed by atoms with Crippen LogP contribution in [-0.4, -0.2) is 15.9 Å². The highest BCUT2D eigenvalue weighted by Crippen LogP contribution is 2.31. The van der Waals surface area contributed by atoms with Crippen LogP contribution in [0.15, 0.2) is 72.1 Å². The average Bonchev–Trinajstić information content (AvgIpc) is 3.47. The van der Waals surface area contributed by atoms with Crippen molar-refractivity contribution >= 4 is 44.6 Å². The molecule has 158 valence electrons. The first-order valence-electron chi connectivity index (χ1n) is 10.4. The van der Waals surface area contributed by atoms with Crippen LogP contribution in [0.4, 0.5) is 5.13 Å². The number of hydrogen-bond acceptors (Lipinski definition) is 5. The Bertz CT molecular complexity index is 1420. The summed E-state index contributed by atoms with van der Waals surface area (Å²) in [6, 6.07) is 22.1. The summed E-state index contributed by atoms with van der Waals surface area (Å²) in [7, 11) is 0. The van der Waals surface area contributed by atoms with Crippen molar-refractivity contribution in [3.05, 3.63) is 88.1 Å². The van der Waals surface area contributed by atoms with Gasteiger partial charge in [0.2, 0.25) is 0 Å². The molecule has 0 aliphatic carbocycles. The van der Waals surface area contributed by atoms with Gasteiger partial charge in [-0.05, 0) is 43.2 Å². The number of nitrogens with zero attached hydrogens (tertiary/aromatic N) is 2. The summed E-state index contributed by atoms with van der Waals surface area (Å²) in [5.41, 5.74) is 5.41. The number of carbonyl (C=O) groups is 1. The van der Waals surface area contributed by atoms with Gasteiger partial charge in [0, 0.05) is 21.2 Å². The Hall–Kier alpha value is -3.35. The van der Waals surface area contributed by atoms with Gasteiger partial charge in [0.05, 0.1) is 27.3 Å². The second-order valence-corrected chi connectivity index (χ2v) is 9.67. The molecule has 0 atom stereocenters. The molecular weight excluding hydrogens is 434 g/mol. The summed E-state index contributed by atoms with van der Waals surface area (Å²) in [4.78, 5) is 25.0. The molecule has 4 nitrogen and oxygen atoms in total. The van der Waals surface area contributed by atoms with Gasteiger partial charge in [-0.2, -0.15) is 0 Å². The summed E-state index contributed by atoms with van der Waals surface area (Å²) in [6.45, 7) is 4.21. The smallest absolute Gasteiger partial charge is 0.258 e. The fourth-order valence-corrected chi connectivity index (χ4v) is 5.14. The van der Waals surface area contributed by atoms with Gasteiger partial charge in [0.15, 0.2) is 5.13 Å². The number of hydrogen-bond donors (Lipinski definition) is 1. The lowest BCUT2D eigenvalue weighted by molar-refractivity contribution is 0.102. The van der Waals surface area contributed by atoms with E-state index in [0.29, 0.717) is 10.7 Å². The molecule has 0 radical (unpaired) electrons. The molecule has 3 heterocycles. The third-order valence-electron chi connectivity index (χ3n) is 5.34. The van der Waals surface area contributed by atoms with Crippen molar-refractivity contribution in [1.29, 1.82) is 0 Å². The third kappa shape index (κ3) is 4.07. The molecule has 0 aliphatic rings. The van der Waals surface area contributed by atoms with Crippen LogP contribution in [0, 0.1) is 6.92 Å². The molecule has 5 rings (SSSR count). The zero-order chi connectivity index (χ0) is 22.1. The summed E-state index contributed by atoms with van der Waals surface area (Å²) >= 11 is 3.10. The molecule has 0 spiro atoms. The largest absolute Gasteiger partial charge is 0.298 e. The van der Waals surface area contributed by atoms with E-state index in [0.717, 1.165) is 39.2 Å². The van der Waals surface area contributed by atoms with Crippen molar-refractivity contribution in [1.82, 2.24) is 9.97 Å². The molecular formula is C26H21N3OS2. The average molecular weight is 456 g/mol. The van der Waals surface area contributed by atoms with E-state index in [1.54, 1.807) is 11.3 Å². The number of fused-ring (bicyclic) bond motifs is 1. The second kappa shape index (κ2) is 8.65. The van der Waals surface area contributed by atoms with E-state index < -0.39 is 0 Å². The number of thiophene rings is 1. The van der Waals surface area contributed by atoms with Crippen molar-refractivity contribution in [2.24, 2.45) is 0 Å². The third-order valence-corrected chi connectivity index (χ3v) is 7.12. The first-order chi connectivity index (χ1) is 15.6. The number of pyridine rings is 1. The van der Waals surface area contributed by atoms with Crippen LogP contribution in [-0.2, 0) is 6.42 Å². The summed E-state index contributed by atoms with van der Waals surface area (Å²) < 4.78 is 0. The molecule has 0 bridgehead atoms. The Kier molecular flexibility index (Phi) is 5.55. The molecule has 2 aromatic carbocycles. The maximum absolute atomic E-state index is 13.3. The van der Waals surface area contributed by atoms with Gasteiger partial charge in [-0.15, -0.1) is 22.7 Å². The highest BCUT2D eigenvalue weighted by atomic mass is 32.1. The SMILES string of the molecule is CCc1ccc(-c2csc(NC(=O)c3cc(-c4ccc(C)s4)nc4ccccc34)n2)cc1. The number of benzene rings is 2. The normalized spacial score (nSPS) is 11.1. The van der Waals surface area contributed by atoms with E-state index in [1.807, 2.05) is 35.7 Å². The molecule has 1 amide bonds. The Balaban J connectivity index is 1.46. The van der Waals surface area contributed by atoms with Crippen molar-refractivity contribution in [2.45, 2.75) is 20.3 Å². The van der Waals surface area contributed by atoms with Crippen molar-refractivity contribution in [3.63, 3.8) is 0 Å². The highest BCUT2D eigenvalue weighted by Gasteiger charge is 2.16. The minimum Gasteiger partial charge on any atom is -0.298 e. The van der Waals surface area contributed by atoms with Crippen molar-refractivity contribution < 1.29 is 4.79 Å². The standard InChI is InChI=1S/C26H21N3OS2/c1-3-17-9-11-18(12-10-17)23-15-31-26(28-23)29-25(30)20-14-22(24-13-8-16(2)32-24)27-21-7-5-4-6-19(20)21/h4-15H,3H2,1-2H3,(H,28,29,30). The maximum Gasteiger partial charge on any atom is 0.258 e. The number of nitrogens with one attached hydrogen (secondary N) is 1. The summed E-state index contributed by atoms with van der Waals surface area (Å²) in [5.74, 6) is -0.180. The zero-order valence-corrected chi connectivity index (χ0v) is 19.4. The number of carbonyl (C=O) groups excluding carboxylic acids is 1. The van der Waals surface area contributed by atoms with E-state index in [1.165, 1.54) is 21.8 Å². The molecule has 3 aromatic heterocycles. The molecule has 0 saturated heterocycles. The van der Waals surface area contributed by atoms with Crippen LogP contribution in [0.2, 0.25) is 0 Å². The van der Waals surface area contributed by atoms with Gasteiger partial charge in [0.1, 0.15) is 0 Å². The quantitative estimate of drug-likeness (QED) is 0.305. The summed E-state index contributed by atoms with van der Waals surface area (Å²) in [6.07, 6.45) is 1.01. The number of amides is 1. The predicted molar refractivity (Wildman–Crippen MR) is 135 cm³/mol. The maximum atomic E-state index is 13.3. The van der Waals surface area contributed by atoms with E-state index in [9.17, 15) is 4.79 Å². The molecule has 32 heavy (non-hydrogen) atoms. The van der Waals surface area contributed by atoms with E-state index in [4.69, 9.17) is 4.98 Å². The molecule has 0 aliphatic heterocycles. The van der Waals surface area contributed by atoms with Crippen LogP contribution in [0.1, 0.15) is 27.7 Å². The first-order valence-corrected chi connectivity index (χ1v) is 12.1. The number of anilines is 1. The molecule has 6 heteroatoms. The van der Waals surface area contributed by atoms with Crippen LogP contribution >= 0.6 is 22.7 Å². The first kappa shape index (κ1) is 20.5. The van der Waals surface area contributed by atoms with Crippen molar-refractivity contribution in [2.75, 3.05) is 5.32 Å². The van der Waals surface area contributed by atoms with Gasteiger partial charge in [-0.25, -0.2) is 9.97 Å². The predicted octanol–water partition coefficient (Wildman–Crippen LogP) is 7.21.